The van der Waals surface area contributed by atoms with Crippen LogP contribution in [0.4, 0.5) is 8.78 Å². The summed E-state index contributed by atoms with van der Waals surface area (Å²) in [4.78, 5) is 10.4. The molecule has 0 aliphatic rings. The number of rotatable bonds is 5. The van der Waals surface area contributed by atoms with Crippen LogP contribution in [-0.4, -0.2) is 34.8 Å². The van der Waals surface area contributed by atoms with Crippen LogP contribution in [0.1, 0.15) is 16.2 Å². The summed E-state index contributed by atoms with van der Waals surface area (Å²) in [6.45, 7) is -0.548. The largest absolute Gasteiger partial charge is 0.378 e. The van der Waals surface area contributed by atoms with Crippen LogP contribution < -0.4 is 0 Å². The monoisotopic (exact) mass is 205 g/mol. The van der Waals surface area contributed by atoms with Gasteiger partial charge in [-0.15, -0.1) is 5.10 Å². The number of carbonyl (C=O) groups is 1. The maximum atomic E-state index is 12.0. The van der Waals surface area contributed by atoms with Crippen molar-refractivity contribution in [3.63, 3.8) is 0 Å². The summed E-state index contributed by atoms with van der Waals surface area (Å²) in [5.41, 5.74) is 0.301. The molecule has 1 heterocycles. The number of alkyl halides is 2. The van der Waals surface area contributed by atoms with Crippen molar-refractivity contribution in [2.24, 2.45) is 0 Å². The van der Waals surface area contributed by atoms with Crippen molar-refractivity contribution in [2.45, 2.75) is 19.6 Å². The van der Waals surface area contributed by atoms with E-state index in [9.17, 15) is 13.6 Å². The van der Waals surface area contributed by atoms with Gasteiger partial charge in [0.25, 0.3) is 6.43 Å². The number of aldehydes is 1. The van der Waals surface area contributed by atoms with Crippen LogP contribution in [0, 0.1) is 0 Å². The minimum absolute atomic E-state index is 0.0347. The van der Waals surface area contributed by atoms with Gasteiger partial charge in [-0.1, -0.05) is 5.21 Å². The zero-order valence-corrected chi connectivity index (χ0v) is 7.48. The summed E-state index contributed by atoms with van der Waals surface area (Å²) < 4.78 is 29.8. The Balaban J connectivity index is 2.91. The minimum atomic E-state index is -2.54. The highest BCUT2D eigenvalue weighted by Crippen LogP contribution is 2.07. The molecule has 1 aromatic rings. The molecule has 0 saturated heterocycles. The summed E-state index contributed by atoms with van der Waals surface area (Å²) >= 11 is 0. The number of hydrogen-bond acceptors (Lipinski definition) is 4. The SMILES string of the molecule is COCc1c(C=O)nnn1CC(F)F. The lowest BCUT2D eigenvalue weighted by Crippen LogP contribution is -2.12. The first kappa shape index (κ1) is 10.7. The van der Waals surface area contributed by atoms with Gasteiger partial charge in [0, 0.05) is 7.11 Å². The van der Waals surface area contributed by atoms with Crippen molar-refractivity contribution in [1.82, 2.24) is 15.0 Å². The van der Waals surface area contributed by atoms with Crippen molar-refractivity contribution in [2.75, 3.05) is 7.11 Å². The highest BCUT2D eigenvalue weighted by molar-refractivity contribution is 5.73. The first-order chi connectivity index (χ1) is 6.69. The van der Waals surface area contributed by atoms with Crippen LogP contribution in [0.5, 0.6) is 0 Å². The van der Waals surface area contributed by atoms with E-state index in [0.717, 1.165) is 4.68 Å². The molecule has 7 heteroatoms. The Morgan fingerprint density at radius 1 is 1.64 bits per heavy atom. The second-order valence-electron chi connectivity index (χ2n) is 2.55. The molecular weight excluding hydrogens is 196 g/mol. The van der Waals surface area contributed by atoms with Crippen LogP contribution in [0.15, 0.2) is 0 Å². The molecule has 0 aliphatic carbocycles. The molecule has 0 saturated carbocycles. The van der Waals surface area contributed by atoms with Crippen LogP contribution in [-0.2, 0) is 17.9 Å². The molecule has 0 unspecified atom stereocenters. The minimum Gasteiger partial charge on any atom is -0.378 e. The van der Waals surface area contributed by atoms with Gasteiger partial charge in [0.1, 0.15) is 6.54 Å². The molecule has 0 N–H and O–H groups in total. The van der Waals surface area contributed by atoms with Gasteiger partial charge >= 0.3 is 0 Å². The molecule has 0 bridgehead atoms. The van der Waals surface area contributed by atoms with E-state index in [0.29, 0.717) is 6.29 Å². The molecule has 1 rings (SSSR count). The fourth-order valence-corrected chi connectivity index (χ4v) is 1.00. The third kappa shape index (κ3) is 2.32. The van der Waals surface area contributed by atoms with E-state index in [1.165, 1.54) is 7.11 Å². The van der Waals surface area contributed by atoms with Crippen LogP contribution >= 0.6 is 0 Å². The molecule has 0 aromatic carbocycles. The quantitative estimate of drug-likeness (QED) is 0.657. The van der Waals surface area contributed by atoms with E-state index in [4.69, 9.17) is 4.74 Å². The molecule has 5 nitrogen and oxygen atoms in total. The molecule has 14 heavy (non-hydrogen) atoms. The summed E-state index contributed by atoms with van der Waals surface area (Å²) in [6.07, 6.45) is -2.07. The Bertz CT molecular complexity index is 314. The van der Waals surface area contributed by atoms with Gasteiger partial charge in [0.15, 0.2) is 12.0 Å². The van der Waals surface area contributed by atoms with Gasteiger partial charge in [-0.05, 0) is 0 Å². The predicted octanol–water partition coefficient (Wildman–Crippen LogP) is 0.502. The van der Waals surface area contributed by atoms with E-state index >= 15 is 0 Å². The third-order valence-corrected chi connectivity index (χ3v) is 1.57. The Hall–Kier alpha value is -1.37. The zero-order chi connectivity index (χ0) is 10.6. The third-order valence-electron chi connectivity index (χ3n) is 1.57. The molecule has 0 aliphatic heterocycles. The van der Waals surface area contributed by atoms with Gasteiger partial charge in [-0.2, -0.15) is 0 Å². The number of ether oxygens (including phenoxy) is 1. The topological polar surface area (TPSA) is 57.0 Å². The summed E-state index contributed by atoms with van der Waals surface area (Å²) in [5.74, 6) is 0. The lowest BCUT2D eigenvalue weighted by molar-refractivity contribution is 0.109. The number of halogens is 2. The second-order valence-corrected chi connectivity index (χ2v) is 2.55. The van der Waals surface area contributed by atoms with E-state index in [-0.39, 0.29) is 18.0 Å². The van der Waals surface area contributed by atoms with Crippen LogP contribution in [0.3, 0.4) is 0 Å². The molecule has 0 radical (unpaired) electrons. The van der Waals surface area contributed by atoms with Crippen LogP contribution in [0.25, 0.3) is 0 Å². The number of hydrogen-bond donors (Lipinski definition) is 0. The van der Waals surface area contributed by atoms with Crippen molar-refractivity contribution < 1.29 is 18.3 Å². The van der Waals surface area contributed by atoms with Gasteiger partial charge < -0.3 is 4.74 Å². The maximum absolute atomic E-state index is 12.0. The highest BCUT2D eigenvalue weighted by Gasteiger charge is 2.14. The van der Waals surface area contributed by atoms with Crippen molar-refractivity contribution in [3.05, 3.63) is 11.4 Å². The highest BCUT2D eigenvalue weighted by atomic mass is 19.3. The lowest BCUT2D eigenvalue weighted by Gasteiger charge is -2.04. The second kappa shape index (κ2) is 4.75. The van der Waals surface area contributed by atoms with Gasteiger partial charge in [0.05, 0.1) is 12.3 Å². The predicted molar refractivity (Wildman–Crippen MR) is 42.1 cm³/mol. The van der Waals surface area contributed by atoms with E-state index in [1.54, 1.807) is 0 Å². The maximum Gasteiger partial charge on any atom is 0.257 e. The Morgan fingerprint density at radius 2 is 2.36 bits per heavy atom. The zero-order valence-electron chi connectivity index (χ0n) is 7.48. The molecule has 78 valence electrons. The van der Waals surface area contributed by atoms with E-state index in [2.05, 4.69) is 10.3 Å². The number of carbonyl (C=O) groups excluding carboxylic acids is 1. The van der Waals surface area contributed by atoms with Gasteiger partial charge in [-0.3, -0.25) is 4.79 Å². The normalized spacial score (nSPS) is 10.9. The molecule has 0 spiro atoms. The smallest absolute Gasteiger partial charge is 0.257 e. The van der Waals surface area contributed by atoms with Crippen molar-refractivity contribution in [3.8, 4) is 0 Å². The summed E-state index contributed by atoms with van der Waals surface area (Å²) in [6, 6.07) is 0. The standard InChI is InChI=1S/C7H9F2N3O2/c1-14-4-6-5(3-13)10-11-12(6)2-7(8)9/h3,7H,2,4H2,1H3. The number of aromatic nitrogens is 3. The molecule has 0 atom stereocenters. The fraction of sp³-hybridized carbons (Fsp3) is 0.571. The van der Waals surface area contributed by atoms with Crippen molar-refractivity contribution in [1.29, 1.82) is 0 Å². The Labute approximate surface area is 78.7 Å². The Morgan fingerprint density at radius 3 is 2.86 bits per heavy atom. The Kier molecular flexibility index (Phi) is 3.63. The van der Waals surface area contributed by atoms with Gasteiger partial charge in [-0.25, -0.2) is 13.5 Å². The van der Waals surface area contributed by atoms with Gasteiger partial charge in [0.2, 0.25) is 0 Å². The summed E-state index contributed by atoms with van der Waals surface area (Å²) in [5, 5.41) is 6.86. The molecule has 1 aromatic heterocycles. The molecule has 0 amide bonds. The lowest BCUT2D eigenvalue weighted by atomic mass is 10.3. The first-order valence-electron chi connectivity index (χ1n) is 3.83. The average molecular weight is 205 g/mol. The molecule has 0 fully saturated rings. The molecular formula is C7H9F2N3O2. The fourth-order valence-electron chi connectivity index (χ4n) is 1.00. The number of nitrogens with zero attached hydrogens (tertiary/aromatic N) is 3. The van der Waals surface area contributed by atoms with Crippen molar-refractivity contribution >= 4 is 6.29 Å². The summed E-state index contributed by atoms with van der Waals surface area (Å²) in [7, 11) is 1.40. The first-order valence-corrected chi connectivity index (χ1v) is 3.83. The average Bonchev–Trinajstić information content (AvgIpc) is 2.48. The number of methoxy groups -OCH3 is 1. The van der Waals surface area contributed by atoms with E-state index in [1.807, 2.05) is 0 Å². The van der Waals surface area contributed by atoms with Crippen LogP contribution in [0.2, 0.25) is 0 Å². The van der Waals surface area contributed by atoms with E-state index < -0.39 is 13.0 Å².